The van der Waals surface area contributed by atoms with Gasteiger partial charge >= 0.3 is 5.79 Å². The van der Waals surface area contributed by atoms with Crippen molar-refractivity contribution in [3.63, 3.8) is 0 Å². The van der Waals surface area contributed by atoms with Gasteiger partial charge in [-0.3, -0.25) is 4.79 Å². The number of para-hydroxylation sites is 1. The van der Waals surface area contributed by atoms with Gasteiger partial charge in [-0.25, -0.2) is 0 Å². The van der Waals surface area contributed by atoms with Crippen molar-refractivity contribution in [3.05, 3.63) is 59.7 Å². The molecule has 0 saturated heterocycles. The molecule has 1 atom stereocenters. The van der Waals surface area contributed by atoms with Gasteiger partial charge in [0.15, 0.2) is 0 Å². The van der Waals surface area contributed by atoms with Gasteiger partial charge in [-0.05, 0) is 24.3 Å². The number of methoxy groups -OCH3 is 1. The molecule has 2 aromatic rings. The summed E-state index contributed by atoms with van der Waals surface area (Å²) in [5.41, 5.74) is -0.0774. The number of Topliss-reactive ketones (excluding diaryl/α,β-unsaturated/α-hetero) is 1. The summed E-state index contributed by atoms with van der Waals surface area (Å²) in [7, 11) is 1.43. The van der Waals surface area contributed by atoms with Gasteiger partial charge in [0, 0.05) is 5.56 Å². The molecule has 3 N–H and O–H groups in total. The van der Waals surface area contributed by atoms with Crippen LogP contribution in [0.3, 0.4) is 0 Å². The van der Waals surface area contributed by atoms with Gasteiger partial charge in [0.1, 0.15) is 11.5 Å². The van der Waals surface area contributed by atoms with E-state index in [0.717, 1.165) is 0 Å². The Bertz CT molecular complexity index is 739. The van der Waals surface area contributed by atoms with Crippen LogP contribution in [0.5, 0.6) is 11.5 Å². The second-order valence-corrected chi connectivity index (χ2v) is 4.98. The lowest BCUT2D eigenvalue weighted by Crippen LogP contribution is -2.56. The third-order valence-electron chi connectivity index (χ3n) is 3.61. The third kappa shape index (κ3) is 1.97. The minimum atomic E-state index is -2.85. The van der Waals surface area contributed by atoms with Crippen LogP contribution in [0.2, 0.25) is 0 Å². The number of carbonyl (C=O) groups excluding carboxylic acids is 1. The van der Waals surface area contributed by atoms with E-state index in [2.05, 4.69) is 0 Å². The van der Waals surface area contributed by atoms with Crippen LogP contribution >= 0.6 is 0 Å². The second kappa shape index (κ2) is 4.81. The molecule has 114 valence electrons. The molecule has 0 aliphatic carbocycles. The summed E-state index contributed by atoms with van der Waals surface area (Å²) in [6.07, 6.45) is 0. The summed E-state index contributed by atoms with van der Waals surface area (Å²) in [4.78, 5) is 12.4. The number of ketones is 1. The molecule has 1 unspecified atom stereocenters. The molecular weight excluding hydrogens is 288 g/mol. The van der Waals surface area contributed by atoms with Gasteiger partial charge < -0.3 is 24.8 Å². The van der Waals surface area contributed by atoms with Crippen LogP contribution in [-0.4, -0.2) is 28.2 Å². The minimum absolute atomic E-state index is 0.0115. The zero-order valence-electron chi connectivity index (χ0n) is 11.7. The van der Waals surface area contributed by atoms with E-state index in [0.29, 0.717) is 5.75 Å². The highest BCUT2D eigenvalue weighted by atomic mass is 16.6. The number of fused-ring (bicyclic) bond motifs is 1. The first-order valence-electron chi connectivity index (χ1n) is 6.54. The molecule has 0 aromatic heterocycles. The lowest BCUT2D eigenvalue weighted by atomic mass is 9.88. The van der Waals surface area contributed by atoms with Crippen LogP contribution < -0.4 is 9.47 Å². The number of hydrogen-bond acceptors (Lipinski definition) is 6. The average Bonchev–Trinajstić information content (AvgIpc) is 2.53. The molecule has 0 fully saturated rings. The average molecular weight is 302 g/mol. The molecule has 1 heterocycles. The fourth-order valence-corrected chi connectivity index (χ4v) is 2.43. The van der Waals surface area contributed by atoms with Crippen molar-refractivity contribution in [1.82, 2.24) is 0 Å². The molecule has 1 aliphatic heterocycles. The van der Waals surface area contributed by atoms with E-state index in [1.807, 2.05) is 0 Å². The van der Waals surface area contributed by atoms with E-state index in [4.69, 9.17) is 9.47 Å². The predicted molar refractivity (Wildman–Crippen MR) is 75.1 cm³/mol. The SMILES string of the molecule is COc1cccc(C2(O)Oc3ccccc3C(O)(O)C2=O)c1. The Kier molecular flexibility index (Phi) is 3.17. The molecule has 2 aromatic carbocycles. The predicted octanol–water partition coefficient (Wildman–Crippen LogP) is 0.639. The van der Waals surface area contributed by atoms with E-state index in [1.165, 1.54) is 37.4 Å². The van der Waals surface area contributed by atoms with Crippen molar-refractivity contribution in [3.8, 4) is 11.5 Å². The quantitative estimate of drug-likeness (QED) is 0.705. The first-order chi connectivity index (χ1) is 10.4. The van der Waals surface area contributed by atoms with Crippen LogP contribution in [0.1, 0.15) is 11.1 Å². The number of aliphatic hydroxyl groups is 3. The Labute approximate surface area is 126 Å². The van der Waals surface area contributed by atoms with Crippen LogP contribution in [0, 0.1) is 0 Å². The highest BCUT2D eigenvalue weighted by Crippen LogP contribution is 2.43. The first-order valence-corrected chi connectivity index (χ1v) is 6.54. The standard InChI is InChI=1S/C16H14O6/c1-21-11-6-4-5-10(9-11)16(20)14(17)15(18,19)12-7-2-3-8-13(12)22-16/h2-9,18-20H,1H3. The number of ether oxygens (including phenoxy) is 2. The first kappa shape index (κ1) is 14.5. The Morgan fingerprint density at radius 3 is 2.50 bits per heavy atom. The molecule has 1 aliphatic rings. The molecule has 22 heavy (non-hydrogen) atoms. The number of carbonyl (C=O) groups is 1. The number of benzene rings is 2. The summed E-state index contributed by atoms with van der Waals surface area (Å²) in [5.74, 6) is -6.26. The maximum absolute atomic E-state index is 12.4. The van der Waals surface area contributed by atoms with Crippen molar-refractivity contribution < 1.29 is 29.6 Å². The van der Waals surface area contributed by atoms with Crippen molar-refractivity contribution in [1.29, 1.82) is 0 Å². The molecule has 6 nitrogen and oxygen atoms in total. The lowest BCUT2D eigenvalue weighted by Gasteiger charge is -2.38. The van der Waals surface area contributed by atoms with Gasteiger partial charge in [0.2, 0.25) is 0 Å². The van der Waals surface area contributed by atoms with E-state index in [1.54, 1.807) is 18.2 Å². The molecule has 3 rings (SSSR count). The van der Waals surface area contributed by atoms with E-state index < -0.39 is 17.4 Å². The highest BCUT2D eigenvalue weighted by Gasteiger charge is 2.57. The highest BCUT2D eigenvalue weighted by molar-refractivity contribution is 5.95. The Balaban J connectivity index is 2.17. The molecular formula is C16H14O6. The van der Waals surface area contributed by atoms with Gasteiger partial charge in [-0.2, -0.15) is 0 Å². The Morgan fingerprint density at radius 2 is 1.77 bits per heavy atom. The molecule has 0 bridgehead atoms. The second-order valence-electron chi connectivity index (χ2n) is 4.98. The summed E-state index contributed by atoms with van der Waals surface area (Å²) < 4.78 is 10.4. The number of hydrogen-bond donors (Lipinski definition) is 3. The van der Waals surface area contributed by atoms with E-state index >= 15 is 0 Å². The largest absolute Gasteiger partial charge is 0.497 e. The maximum atomic E-state index is 12.4. The number of rotatable bonds is 2. The van der Waals surface area contributed by atoms with Crippen molar-refractivity contribution in [2.24, 2.45) is 0 Å². The van der Waals surface area contributed by atoms with Crippen molar-refractivity contribution >= 4 is 5.78 Å². The fraction of sp³-hybridized carbons (Fsp3) is 0.188. The van der Waals surface area contributed by atoms with E-state index in [9.17, 15) is 20.1 Å². The van der Waals surface area contributed by atoms with Crippen molar-refractivity contribution in [2.75, 3.05) is 7.11 Å². The fourth-order valence-electron chi connectivity index (χ4n) is 2.43. The molecule has 0 radical (unpaired) electrons. The van der Waals surface area contributed by atoms with Gasteiger partial charge in [-0.15, -0.1) is 0 Å². The molecule has 6 heteroatoms. The summed E-state index contributed by atoms with van der Waals surface area (Å²) in [6.45, 7) is 0. The smallest absolute Gasteiger partial charge is 0.301 e. The Morgan fingerprint density at radius 1 is 1.05 bits per heavy atom. The van der Waals surface area contributed by atoms with Crippen LogP contribution in [0.15, 0.2) is 48.5 Å². The summed E-state index contributed by atoms with van der Waals surface area (Å²) in [6, 6.07) is 11.9. The molecule has 0 spiro atoms. The van der Waals surface area contributed by atoms with Crippen LogP contribution in [-0.2, 0) is 16.4 Å². The van der Waals surface area contributed by atoms with Gasteiger partial charge in [0.25, 0.3) is 11.6 Å². The lowest BCUT2D eigenvalue weighted by molar-refractivity contribution is -0.242. The van der Waals surface area contributed by atoms with Crippen LogP contribution in [0.4, 0.5) is 0 Å². The third-order valence-corrected chi connectivity index (χ3v) is 3.61. The van der Waals surface area contributed by atoms with Gasteiger partial charge in [-0.1, -0.05) is 24.3 Å². The monoisotopic (exact) mass is 302 g/mol. The minimum Gasteiger partial charge on any atom is -0.497 e. The van der Waals surface area contributed by atoms with E-state index in [-0.39, 0.29) is 16.9 Å². The zero-order chi connectivity index (χ0) is 16.0. The maximum Gasteiger partial charge on any atom is 0.301 e. The normalized spacial score (nSPS) is 22.6. The summed E-state index contributed by atoms with van der Waals surface area (Å²) >= 11 is 0. The van der Waals surface area contributed by atoms with Crippen molar-refractivity contribution in [2.45, 2.75) is 11.6 Å². The topological polar surface area (TPSA) is 96.2 Å². The van der Waals surface area contributed by atoms with Gasteiger partial charge in [0.05, 0.1) is 12.7 Å². The Hall–Kier alpha value is -2.41. The van der Waals surface area contributed by atoms with Crippen LogP contribution in [0.25, 0.3) is 0 Å². The molecule has 0 saturated carbocycles. The molecule has 0 amide bonds. The summed E-state index contributed by atoms with van der Waals surface area (Å²) in [5, 5.41) is 31.0. The zero-order valence-corrected chi connectivity index (χ0v) is 11.7.